The summed E-state index contributed by atoms with van der Waals surface area (Å²) < 4.78 is 0. The first-order valence-corrected chi connectivity index (χ1v) is 6.37. The Labute approximate surface area is 104 Å². The lowest BCUT2D eigenvalue weighted by Gasteiger charge is -2.11. The van der Waals surface area contributed by atoms with E-state index >= 15 is 0 Å². The van der Waals surface area contributed by atoms with Gasteiger partial charge in [0.25, 0.3) is 0 Å². The van der Waals surface area contributed by atoms with E-state index in [9.17, 15) is 4.79 Å². The lowest BCUT2D eigenvalue weighted by Crippen LogP contribution is -2.14. The van der Waals surface area contributed by atoms with E-state index in [0.717, 1.165) is 12.2 Å². The highest BCUT2D eigenvalue weighted by atomic mass is 32.1. The highest BCUT2D eigenvalue weighted by Crippen LogP contribution is 2.51. The number of carboxylic acid groups (broad SMARTS) is 1. The number of amides is 1. The molecular formula is C11H17N3O2S. The van der Waals surface area contributed by atoms with Crippen molar-refractivity contribution in [1.29, 1.82) is 0 Å². The average Bonchev–Trinajstić information content (AvgIpc) is 2.79. The van der Waals surface area contributed by atoms with Crippen LogP contribution in [0.3, 0.4) is 0 Å². The summed E-state index contributed by atoms with van der Waals surface area (Å²) in [5.74, 6) is 0. The predicted molar refractivity (Wildman–Crippen MR) is 67.7 cm³/mol. The van der Waals surface area contributed by atoms with Crippen molar-refractivity contribution in [2.24, 2.45) is 0 Å². The maximum absolute atomic E-state index is 10.6. The largest absolute Gasteiger partial charge is 0.465 e. The van der Waals surface area contributed by atoms with E-state index in [1.165, 1.54) is 29.1 Å². The topological polar surface area (TPSA) is 65.5 Å². The van der Waals surface area contributed by atoms with Crippen molar-refractivity contribution in [2.45, 2.75) is 31.7 Å². The zero-order valence-electron chi connectivity index (χ0n) is 10.3. The minimum Gasteiger partial charge on any atom is -0.465 e. The summed E-state index contributed by atoms with van der Waals surface area (Å²) in [6, 6.07) is 0. The normalized spacial score (nSPS) is 17.2. The van der Waals surface area contributed by atoms with Crippen LogP contribution in [0, 0.1) is 0 Å². The minimum absolute atomic E-state index is 0.224. The van der Waals surface area contributed by atoms with Gasteiger partial charge in [0, 0.05) is 16.8 Å². The minimum atomic E-state index is -1.05. The van der Waals surface area contributed by atoms with Crippen molar-refractivity contribution < 1.29 is 9.90 Å². The molecule has 1 fully saturated rings. The number of anilines is 1. The van der Waals surface area contributed by atoms with Crippen LogP contribution < -0.4 is 5.32 Å². The summed E-state index contributed by atoms with van der Waals surface area (Å²) in [5.41, 5.74) is 1.23. The Morgan fingerprint density at radius 2 is 2.24 bits per heavy atom. The molecule has 1 saturated carbocycles. The highest BCUT2D eigenvalue weighted by molar-refractivity contribution is 7.16. The van der Waals surface area contributed by atoms with E-state index in [-0.39, 0.29) is 5.41 Å². The van der Waals surface area contributed by atoms with Gasteiger partial charge in [-0.05, 0) is 26.9 Å². The van der Waals surface area contributed by atoms with E-state index in [1.54, 1.807) is 0 Å². The number of aromatic nitrogens is 1. The number of hydrogen-bond donors (Lipinski definition) is 2. The van der Waals surface area contributed by atoms with Crippen molar-refractivity contribution in [3.8, 4) is 0 Å². The molecule has 0 aromatic carbocycles. The van der Waals surface area contributed by atoms with Gasteiger partial charge in [-0.25, -0.2) is 9.78 Å². The Balaban J connectivity index is 2.27. The molecule has 1 aliphatic rings. The molecule has 1 heterocycles. The molecule has 1 amide bonds. The quantitative estimate of drug-likeness (QED) is 0.866. The Hall–Kier alpha value is -1.14. The molecule has 1 aromatic rings. The molecule has 0 radical (unpaired) electrons. The number of nitrogens with zero attached hydrogens (tertiary/aromatic N) is 2. The summed E-state index contributed by atoms with van der Waals surface area (Å²) in [4.78, 5) is 18.3. The molecule has 0 bridgehead atoms. The van der Waals surface area contributed by atoms with Gasteiger partial charge in [0.1, 0.15) is 0 Å². The van der Waals surface area contributed by atoms with Gasteiger partial charge in [-0.15, -0.1) is 11.3 Å². The molecule has 1 aromatic heterocycles. The van der Waals surface area contributed by atoms with Crippen molar-refractivity contribution in [3.63, 3.8) is 0 Å². The molecule has 2 N–H and O–H groups in total. The second kappa shape index (κ2) is 4.27. The molecule has 0 aliphatic heterocycles. The molecule has 0 unspecified atom stereocenters. The van der Waals surface area contributed by atoms with Crippen molar-refractivity contribution in [3.05, 3.63) is 10.6 Å². The van der Waals surface area contributed by atoms with Gasteiger partial charge < -0.3 is 10.0 Å². The summed E-state index contributed by atoms with van der Waals surface area (Å²) >= 11 is 1.47. The Morgan fingerprint density at radius 3 is 2.71 bits per heavy atom. The van der Waals surface area contributed by atoms with Crippen LogP contribution in [-0.2, 0) is 12.0 Å². The van der Waals surface area contributed by atoms with Gasteiger partial charge in [0.15, 0.2) is 5.13 Å². The molecule has 6 heteroatoms. The zero-order chi connectivity index (χ0) is 12.6. The van der Waals surface area contributed by atoms with Crippen LogP contribution in [0.15, 0.2) is 0 Å². The van der Waals surface area contributed by atoms with Gasteiger partial charge >= 0.3 is 6.09 Å². The van der Waals surface area contributed by atoms with Gasteiger partial charge in [-0.2, -0.15) is 0 Å². The predicted octanol–water partition coefficient (Wildman–Crippen LogP) is 2.35. The number of hydrogen-bond acceptors (Lipinski definition) is 4. The molecule has 2 rings (SSSR count). The van der Waals surface area contributed by atoms with Gasteiger partial charge in [0.2, 0.25) is 0 Å². The Morgan fingerprint density at radius 1 is 1.59 bits per heavy atom. The lowest BCUT2D eigenvalue weighted by molar-refractivity contribution is 0.209. The van der Waals surface area contributed by atoms with Crippen molar-refractivity contribution >= 4 is 22.6 Å². The summed E-state index contributed by atoms with van der Waals surface area (Å²) in [7, 11) is 3.98. The van der Waals surface area contributed by atoms with Crippen LogP contribution in [0.5, 0.6) is 0 Å². The fourth-order valence-corrected chi connectivity index (χ4v) is 2.96. The first-order valence-electron chi connectivity index (χ1n) is 5.55. The van der Waals surface area contributed by atoms with E-state index in [4.69, 9.17) is 5.11 Å². The lowest BCUT2D eigenvalue weighted by atomic mass is 10.1. The maximum atomic E-state index is 10.6. The standard InChI is InChI=1S/C11H17N3O2S/c1-11(4-5-11)8-7(6-14(2)3)12-9(17-8)13-10(15)16/h4-6H2,1-3H3,(H,12,13)(H,15,16). The van der Waals surface area contributed by atoms with E-state index in [1.807, 2.05) is 14.1 Å². The highest BCUT2D eigenvalue weighted by Gasteiger charge is 2.43. The Bertz CT molecular complexity index is 438. The first-order chi connectivity index (χ1) is 7.90. The van der Waals surface area contributed by atoms with Crippen LogP contribution >= 0.6 is 11.3 Å². The summed E-state index contributed by atoms with van der Waals surface area (Å²) in [6.45, 7) is 2.97. The van der Waals surface area contributed by atoms with E-state index < -0.39 is 6.09 Å². The van der Waals surface area contributed by atoms with Crippen LogP contribution in [-0.4, -0.2) is 35.2 Å². The zero-order valence-corrected chi connectivity index (χ0v) is 11.1. The third kappa shape index (κ3) is 2.76. The molecule has 17 heavy (non-hydrogen) atoms. The molecule has 0 atom stereocenters. The van der Waals surface area contributed by atoms with E-state index in [2.05, 4.69) is 22.1 Å². The first kappa shape index (κ1) is 12.3. The summed E-state index contributed by atoms with van der Waals surface area (Å²) in [6.07, 6.45) is 1.28. The van der Waals surface area contributed by atoms with Crippen LogP contribution in [0.4, 0.5) is 9.93 Å². The SMILES string of the molecule is CN(C)Cc1nc(NC(=O)O)sc1C1(C)CC1. The number of thiazole rings is 1. The maximum Gasteiger partial charge on any atom is 0.410 e. The number of rotatable bonds is 4. The third-order valence-electron chi connectivity index (χ3n) is 2.93. The van der Waals surface area contributed by atoms with Crippen LogP contribution in [0.2, 0.25) is 0 Å². The number of nitrogens with one attached hydrogen (secondary N) is 1. The smallest absolute Gasteiger partial charge is 0.410 e. The van der Waals surface area contributed by atoms with Crippen LogP contribution in [0.1, 0.15) is 30.3 Å². The average molecular weight is 255 g/mol. The van der Waals surface area contributed by atoms with Crippen molar-refractivity contribution in [2.75, 3.05) is 19.4 Å². The number of carbonyl (C=O) groups is 1. The monoisotopic (exact) mass is 255 g/mol. The van der Waals surface area contributed by atoms with Gasteiger partial charge in [0.05, 0.1) is 5.69 Å². The van der Waals surface area contributed by atoms with Gasteiger partial charge in [-0.3, -0.25) is 5.32 Å². The second-order valence-corrected chi connectivity index (χ2v) is 6.02. The fourth-order valence-electron chi connectivity index (χ4n) is 1.79. The molecule has 0 spiro atoms. The van der Waals surface area contributed by atoms with Gasteiger partial charge in [-0.1, -0.05) is 6.92 Å². The van der Waals surface area contributed by atoms with E-state index in [0.29, 0.717) is 5.13 Å². The summed E-state index contributed by atoms with van der Waals surface area (Å²) in [5, 5.41) is 11.5. The van der Waals surface area contributed by atoms with Crippen LogP contribution in [0.25, 0.3) is 0 Å². The van der Waals surface area contributed by atoms with Crippen molar-refractivity contribution in [1.82, 2.24) is 9.88 Å². The second-order valence-electron chi connectivity index (χ2n) is 5.02. The molecule has 5 nitrogen and oxygen atoms in total. The molecule has 0 saturated heterocycles. The third-order valence-corrected chi connectivity index (χ3v) is 4.24. The fraction of sp³-hybridized carbons (Fsp3) is 0.636. The molecule has 94 valence electrons. The Kier molecular flexibility index (Phi) is 3.09. The molecular weight excluding hydrogens is 238 g/mol. The molecule has 1 aliphatic carbocycles.